The van der Waals surface area contributed by atoms with Crippen LogP contribution >= 0.6 is 0 Å². The number of anilines is 1. The molecular weight excluding hydrogens is 441 g/mol. The van der Waals surface area contributed by atoms with E-state index < -0.39 is 36.7 Å². The average molecular weight is 465 g/mol. The first-order chi connectivity index (χ1) is 13.7. The molecule has 166 valence electrons. The van der Waals surface area contributed by atoms with E-state index in [1.807, 2.05) is 0 Å². The number of benzene rings is 2. The molecule has 30 heavy (non-hydrogen) atoms. The van der Waals surface area contributed by atoms with Gasteiger partial charge < -0.3 is 0 Å². The van der Waals surface area contributed by atoms with Gasteiger partial charge in [0, 0.05) is 13.1 Å². The zero-order valence-electron chi connectivity index (χ0n) is 16.9. The van der Waals surface area contributed by atoms with Crippen LogP contribution in [0, 0.1) is 13.8 Å². The number of rotatable bonds is 7. The van der Waals surface area contributed by atoms with E-state index >= 15 is 0 Å². The lowest BCUT2D eigenvalue weighted by atomic mass is 10.1. The summed E-state index contributed by atoms with van der Waals surface area (Å²) in [4.78, 5) is -0.678. The van der Waals surface area contributed by atoms with Gasteiger partial charge in [0.2, 0.25) is 10.0 Å². The van der Waals surface area contributed by atoms with Gasteiger partial charge in [-0.15, -0.1) is 0 Å². The quantitative estimate of drug-likeness (QED) is 0.667. The van der Waals surface area contributed by atoms with Crippen molar-refractivity contribution in [2.75, 3.05) is 17.8 Å². The van der Waals surface area contributed by atoms with E-state index in [-0.39, 0.29) is 23.7 Å². The van der Waals surface area contributed by atoms with Gasteiger partial charge in [-0.3, -0.25) is 4.72 Å². The second kappa shape index (κ2) is 8.56. The molecule has 0 aromatic heterocycles. The molecule has 2 aromatic carbocycles. The molecule has 1 N–H and O–H groups in total. The summed E-state index contributed by atoms with van der Waals surface area (Å²) >= 11 is 0. The average Bonchev–Trinajstić information content (AvgIpc) is 2.65. The van der Waals surface area contributed by atoms with Gasteiger partial charge in [0.05, 0.1) is 21.0 Å². The summed E-state index contributed by atoms with van der Waals surface area (Å²) in [7, 11) is -8.25. The van der Waals surface area contributed by atoms with Gasteiger partial charge >= 0.3 is 6.18 Å². The standard InChI is InChI=1S/C19H23F3N2O4S2/c1-5-24(6-2)30(27,28)17-10-13(3)14(4)18(12-17)23-29(25,26)16-9-7-8-15(11-16)19(20,21)22/h7-12,23H,5-6H2,1-4H3. The first kappa shape index (κ1) is 24.2. The molecule has 0 bridgehead atoms. The molecule has 0 unspecified atom stereocenters. The minimum atomic E-state index is -4.70. The molecule has 0 radical (unpaired) electrons. The molecule has 2 aromatic rings. The fourth-order valence-electron chi connectivity index (χ4n) is 2.84. The highest BCUT2D eigenvalue weighted by Gasteiger charge is 2.32. The third-order valence-electron chi connectivity index (χ3n) is 4.70. The number of nitrogens with zero attached hydrogens (tertiary/aromatic N) is 1. The summed E-state index contributed by atoms with van der Waals surface area (Å²) in [5, 5.41) is 0. The van der Waals surface area contributed by atoms with E-state index in [9.17, 15) is 30.0 Å². The Morgan fingerprint density at radius 3 is 2.07 bits per heavy atom. The molecule has 0 heterocycles. The van der Waals surface area contributed by atoms with Crippen molar-refractivity contribution in [2.24, 2.45) is 0 Å². The Hall–Kier alpha value is -2.11. The van der Waals surface area contributed by atoms with Gasteiger partial charge in [-0.2, -0.15) is 17.5 Å². The molecule has 0 saturated carbocycles. The Balaban J connectivity index is 2.54. The van der Waals surface area contributed by atoms with Crippen molar-refractivity contribution in [1.82, 2.24) is 4.31 Å². The van der Waals surface area contributed by atoms with E-state index in [1.165, 1.54) is 16.4 Å². The first-order valence-corrected chi connectivity index (χ1v) is 12.0. The second-order valence-corrected chi connectivity index (χ2v) is 10.3. The maximum absolute atomic E-state index is 12.9. The van der Waals surface area contributed by atoms with Gasteiger partial charge in [-0.1, -0.05) is 19.9 Å². The van der Waals surface area contributed by atoms with Crippen molar-refractivity contribution in [3.8, 4) is 0 Å². The SMILES string of the molecule is CCN(CC)S(=O)(=O)c1cc(C)c(C)c(NS(=O)(=O)c2cccc(C(F)(F)F)c2)c1. The molecule has 0 spiro atoms. The Labute approximate surface area is 174 Å². The molecular formula is C19H23F3N2O4S2. The molecule has 0 fully saturated rings. The third-order valence-corrected chi connectivity index (χ3v) is 8.09. The topological polar surface area (TPSA) is 83.6 Å². The maximum Gasteiger partial charge on any atom is 0.416 e. The van der Waals surface area contributed by atoms with Crippen LogP contribution in [0.25, 0.3) is 0 Å². The fourth-order valence-corrected chi connectivity index (χ4v) is 5.57. The summed E-state index contributed by atoms with van der Waals surface area (Å²) in [6.45, 7) is 7.04. The molecule has 0 atom stereocenters. The second-order valence-electron chi connectivity index (χ2n) is 6.63. The van der Waals surface area contributed by atoms with E-state index in [2.05, 4.69) is 4.72 Å². The first-order valence-electron chi connectivity index (χ1n) is 9.05. The molecule has 6 nitrogen and oxygen atoms in total. The zero-order chi connectivity index (χ0) is 22.9. The Morgan fingerprint density at radius 1 is 0.933 bits per heavy atom. The highest BCUT2D eigenvalue weighted by atomic mass is 32.2. The normalized spacial score (nSPS) is 12.9. The van der Waals surface area contributed by atoms with Crippen LogP contribution in [0.15, 0.2) is 46.2 Å². The lowest BCUT2D eigenvalue weighted by Crippen LogP contribution is -2.30. The third kappa shape index (κ3) is 4.96. The summed E-state index contributed by atoms with van der Waals surface area (Å²) < 4.78 is 93.4. The van der Waals surface area contributed by atoms with E-state index in [0.29, 0.717) is 17.2 Å². The molecule has 0 aliphatic rings. The van der Waals surface area contributed by atoms with Crippen LogP contribution in [-0.4, -0.2) is 34.2 Å². The smallest absolute Gasteiger partial charge is 0.279 e. The lowest BCUT2D eigenvalue weighted by molar-refractivity contribution is -0.137. The van der Waals surface area contributed by atoms with Gasteiger partial charge in [-0.05, 0) is 55.3 Å². The minimum Gasteiger partial charge on any atom is -0.279 e. The number of hydrogen-bond donors (Lipinski definition) is 1. The largest absolute Gasteiger partial charge is 0.416 e. The van der Waals surface area contributed by atoms with Crippen molar-refractivity contribution < 1.29 is 30.0 Å². The van der Waals surface area contributed by atoms with Crippen molar-refractivity contribution >= 4 is 25.7 Å². The van der Waals surface area contributed by atoms with Crippen LogP contribution in [0.5, 0.6) is 0 Å². The maximum atomic E-state index is 12.9. The highest BCUT2D eigenvalue weighted by Crippen LogP contribution is 2.32. The van der Waals surface area contributed by atoms with E-state index in [4.69, 9.17) is 0 Å². The van der Waals surface area contributed by atoms with Gasteiger partial charge in [0.1, 0.15) is 0 Å². The summed E-state index contributed by atoms with van der Waals surface area (Å²) in [5.74, 6) is 0. The highest BCUT2D eigenvalue weighted by molar-refractivity contribution is 7.92. The number of alkyl halides is 3. The predicted molar refractivity (Wildman–Crippen MR) is 108 cm³/mol. The Morgan fingerprint density at radius 2 is 1.53 bits per heavy atom. The zero-order valence-corrected chi connectivity index (χ0v) is 18.5. The van der Waals surface area contributed by atoms with Gasteiger partial charge in [0.25, 0.3) is 10.0 Å². The summed E-state index contributed by atoms with van der Waals surface area (Å²) in [6.07, 6.45) is -4.70. The van der Waals surface area contributed by atoms with Crippen LogP contribution in [0.2, 0.25) is 0 Å². The number of halogens is 3. The summed E-state index contributed by atoms with van der Waals surface area (Å²) in [6, 6.07) is 5.95. The number of nitrogens with one attached hydrogen (secondary N) is 1. The molecule has 11 heteroatoms. The van der Waals surface area contributed by atoms with Gasteiger partial charge in [0.15, 0.2) is 0 Å². The van der Waals surface area contributed by atoms with Crippen LogP contribution in [0.1, 0.15) is 30.5 Å². The van der Waals surface area contributed by atoms with Crippen LogP contribution in [-0.2, 0) is 26.2 Å². The van der Waals surface area contributed by atoms with E-state index in [0.717, 1.165) is 18.2 Å². The monoisotopic (exact) mass is 464 g/mol. The molecule has 0 amide bonds. The van der Waals surface area contributed by atoms with E-state index in [1.54, 1.807) is 27.7 Å². The number of aryl methyl sites for hydroxylation is 1. The van der Waals surface area contributed by atoms with Crippen molar-refractivity contribution in [1.29, 1.82) is 0 Å². The molecule has 0 aliphatic heterocycles. The van der Waals surface area contributed by atoms with Crippen molar-refractivity contribution in [2.45, 2.75) is 43.7 Å². The summed E-state index contributed by atoms with van der Waals surface area (Å²) in [5.41, 5.74) is -0.136. The minimum absolute atomic E-state index is 0.0156. The fraction of sp³-hybridized carbons (Fsp3) is 0.368. The molecule has 2 rings (SSSR count). The van der Waals surface area contributed by atoms with Gasteiger partial charge in [-0.25, -0.2) is 16.8 Å². The predicted octanol–water partition coefficient (Wildman–Crippen LogP) is 4.15. The lowest BCUT2D eigenvalue weighted by Gasteiger charge is -2.21. The van der Waals surface area contributed by atoms with Crippen LogP contribution in [0.4, 0.5) is 18.9 Å². The number of sulfonamides is 2. The Bertz CT molecular complexity index is 1140. The van der Waals surface area contributed by atoms with Crippen molar-refractivity contribution in [3.63, 3.8) is 0 Å². The number of hydrogen-bond acceptors (Lipinski definition) is 4. The van der Waals surface area contributed by atoms with Crippen LogP contribution < -0.4 is 4.72 Å². The molecule has 0 saturated heterocycles. The van der Waals surface area contributed by atoms with Crippen LogP contribution in [0.3, 0.4) is 0 Å². The van der Waals surface area contributed by atoms with Crippen molar-refractivity contribution in [3.05, 3.63) is 53.1 Å². The Kier molecular flexibility index (Phi) is 6.89. The molecule has 0 aliphatic carbocycles.